The molecule has 0 radical (unpaired) electrons. The second-order valence-electron chi connectivity index (χ2n) is 12.4. The van der Waals surface area contributed by atoms with Crippen LogP contribution in [0.3, 0.4) is 0 Å². The third kappa shape index (κ3) is 9.46. The van der Waals surface area contributed by atoms with E-state index in [4.69, 9.17) is 21.1 Å². The number of alkyl halides is 6. The van der Waals surface area contributed by atoms with E-state index in [9.17, 15) is 35.9 Å². The Morgan fingerprint density at radius 3 is 2.17 bits per heavy atom. The van der Waals surface area contributed by atoms with E-state index in [2.05, 4.69) is 9.88 Å². The molecule has 5 aromatic rings. The number of fused-ring (bicyclic) bond motifs is 1. The fraction of sp³-hybridized carbons (Fsp3) is 0.270. The molecule has 0 bridgehead atoms. The number of amides is 2. The second-order valence-corrected chi connectivity index (χ2v) is 12.8. The Bertz CT molecular complexity index is 2120. The summed E-state index contributed by atoms with van der Waals surface area (Å²) in [6.07, 6.45) is -7.61. The van der Waals surface area contributed by atoms with Gasteiger partial charge in [-0.1, -0.05) is 23.7 Å². The van der Waals surface area contributed by atoms with Crippen molar-refractivity contribution >= 4 is 57.0 Å². The summed E-state index contributed by atoms with van der Waals surface area (Å²) in [5, 5.41) is 0.504. The number of benzene rings is 3. The molecule has 1 aliphatic heterocycles. The van der Waals surface area contributed by atoms with Crippen LogP contribution in [0.5, 0.6) is 17.4 Å². The Hall–Kier alpha value is -4.80. The molecule has 1 aliphatic rings. The molecule has 0 spiro atoms. The Morgan fingerprint density at radius 2 is 1.56 bits per heavy atom. The molecule has 6 rings (SSSR count). The Labute approximate surface area is 321 Å². The molecular formula is C37H33BrClF6N5O4. The number of carbonyl (C=O) groups is 2. The average molecular weight is 841 g/mol. The highest BCUT2D eigenvalue weighted by Gasteiger charge is 2.32. The fourth-order valence-corrected chi connectivity index (χ4v) is 6.14. The number of aryl methyl sites for hydroxylation is 1. The van der Waals surface area contributed by atoms with Crippen molar-refractivity contribution in [2.45, 2.75) is 18.9 Å². The molecule has 17 heteroatoms. The summed E-state index contributed by atoms with van der Waals surface area (Å²) in [4.78, 5) is 36.0. The first kappa shape index (κ1) is 40.4. The Morgan fingerprint density at radius 1 is 0.870 bits per heavy atom. The van der Waals surface area contributed by atoms with Crippen LogP contribution >= 0.6 is 28.6 Å². The minimum Gasteiger partial charge on any atom is -0.484 e. The molecular weight excluding hydrogens is 808 g/mol. The summed E-state index contributed by atoms with van der Waals surface area (Å²) in [6.45, 7) is 1.49. The van der Waals surface area contributed by atoms with Crippen molar-refractivity contribution in [3.05, 3.63) is 112 Å². The van der Waals surface area contributed by atoms with Gasteiger partial charge in [0.1, 0.15) is 17.2 Å². The highest BCUT2D eigenvalue weighted by Crippen LogP contribution is 2.33. The fourth-order valence-electron chi connectivity index (χ4n) is 5.88. The predicted molar refractivity (Wildman–Crippen MR) is 196 cm³/mol. The van der Waals surface area contributed by atoms with E-state index in [1.807, 2.05) is 12.1 Å². The van der Waals surface area contributed by atoms with Crippen LogP contribution in [-0.4, -0.2) is 77.2 Å². The van der Waals surface area contributed by atoms with Crippen LogP contribution in [0, 0.1) is 0 Å². The molecule has 0 saturated carbocycles. The molecule has 1 fully saturated rings. The smallest absolute Gasteiger partial charge is 0.422 e. The number of aromatic nitrogens is 2. The number of anilines is 1. The second kappa shape index (κ2) is 16.3. The number of ether oxygens (including phenoxy) is 2. The van der Waals surface area contributed by atoms with Crippen molar-refractivity contribution in [1.29, 1.82) is 0 Å². The van der Waals surface area contributed by atoms with Gasteiger partial charge in [0.15, 0.2) is 6.61 Å². The van der Waals surface area contributed by atoms with Gasteiger partial charge in [0.25, 0.3) is 11.8 Å². The highest BCUT2D eigenvalue weighted by atomic mass is 79.9. The molecule has 9 nitrogen and oxygen atoms in total. The number of rotatable bonds is 9. The molecule has 0 N–H and O–H groups in total. The van der Waals surface area contributed by atoms with Crippen molar-refractivity contribution in [2.75, 3.05) is 44.7 Å². The van der Waals surface area contributed by atoms with Gasteiger partial charge in [-0.15, -0.1) is 17.0 Å². The minimum atomic E-state index is -4.59. The summed E-state index contributed by atoms with van der Waals surface area (Å²) in [5.41, 5.74) is 1.48. The third-order valence-corrected chi connectivity index (χ3v) is 9.10. The number of pyridine rings is 1. The molecule has 0 aliphatic carbocycles. The quantitative estimate of drug-likeness (QED) is 0.138. The Balaban J connectivity index is 0.00000561. The van der Waals surface area contributed by atoms with Gasteiger partial charge in [0, 0.05) is 64.3 Å². The number of hydrogen-bond donors (Lipinski definition) is 0. The van der Waals surface area contributed by atoms with E-state index in [1.54, 1.807) is 52.9 Å². The van der Waals surface area contributed by atoms with Crippen molar-refractivity contribution in [3.8, 4) is 17.4 Å². The zero-order valence-corrected chi connectivity index (χ0v) is 31.2. The van der Waals surface area contributed by atoms with E-state index >= 15 is 0 Å². The van der Waals surface area contributed by atoms with Crippen molar-refractivity contribution in [1.82, 2.24) is 19.4 Å². The maximum atomic E-state index is 13.6. The van der Waals surface area contributed by atoms with Gasteiger partial charge < -0.3 is 23.8 Å². The summed E-state index contributed by atoms with van der Waals surface area (Å²) in [6, 6.07) is 19.3. The first-order chi connectivity index (χ1) is 25.1. The minimum absolute atomic E-state index is 0. The SMILES string of the molecule is Br.CN(C(=O)c1ccc(C(F)(F)F)cc1Cl)c1ccc(Oc2ccc3cc(C(=O)N4CCN(Cc5ccc(OCC(F)(F)F)cc5)CC4)n(C)c3c2)nc1. The lowest BCUT2D eigenvalue weighted by molar-refractivity contribution is -0.153. The monoisotopic (exact) mass is 839 g/mol. The summed E-state index contributed by atoms with van der Waals surface area (Å²) in [7, 11) is 3.24. The molecule has 3 heterocycles. The largest absolute Gasteiger partial charge is 0.484 e. The van der Waals surface area contributed by atoms with Crippen molar-refractivity contribution in [3.63, 3.8) is 0 Å². The van der Waals surface area contributed by atoms with E-state index in [1.165, 1.54) is 30.3 Å². The molecule has 286 valence electrons. The lowest BCUT2D eigenvalue weighted by atomic mass is 10.1. The maximum absolute atomic E-state index is 13.6. The van der Waals surface area contributed by atoms with Gasteiger partial charge in [0.2, 0.25) is 5.88 Å². The Kier molecular flexibility index (Phi) is 12.2. The normalized spacial score (nSPS) is 13.8. The van der Waals surface area contributed by atoms with Crippen LogP contribution < -0.4 is 14.4 Å². The molecule has 2 aromatic heterocycles. The number of carbonyl (C=O) groups excluding carboxylic acids is 2. The summed E-state index contributed by atoms with van der Waals surface area (Å²) in [5.74, 6) is 0.0767. The number of halogens is 8. The van der Waals surface area contributed by atoms with Crippen LogP contribution in [0.2, 0.25) is 5.02 Å². The van der Waals surface area contributed by atoms with Crippen LogP contribution in [0.25, 0.3) is 10.9 Å². The van der Waals surface area contributed by atoms with E-state index < -0.39 is 30.4 Å². The van der Waals surface area contributed by atoms with Gasteiger partial charge in [-0.2, -0.15) is 26.3 Å². The average Bonchev–Trinajstić information content (AvgIpc) is 3.45. The molecule has 1 saturated heterocycles. The molecule has 54 heavy (non-hydrogen) atoms. The molecule has 0 unspecified atom stereocenters. The topological polar surface area (TPSA) is 80.1 Å². The van der Waals surface area contributed by atoms with Crippen LogP contribution in [-0.2, 0) is 19.8 Å². The third-order valence-electron chi connectivity index (χ3n) is 8.79. The zero-order chi connectivity index (χ0) is 38.1. The predicted octanol–water partition coefficient (Wildman–Crippen LogP) is 8.79. The van der Waals surface area contributed by atoms with E-state index in [0.29, 0.717) is 55.9 Å². The summed E-state index contributed by atoms with van der Waals surface area (Å²) < 4.78 is 88.8. The molecule has 2 amide bonds. The van der Waals surface area contributed by atoms with Gasteiger partial charge in [-0.05, 0) is 60.2 Å². The number of piperazine rings is 1. The number of hydrogen-bond acceptors (Lipinski definition) is 6. The van der Waals surface area contributed by atoms with Gasteiger partial charge >= 0.3 is 12.4 Å². The number of nitrogens with zero attached hydrogens (tertiary/aromatic N) is 5. The first-order valence-electron chi connectivity index (χ1n) is 16.2. The van der Waals surface area contributed by atoms with Crippen molar-refractivity contribution in [2.24, 2.45) is 7.05 Å². The van der Waals surface area contributed by atoms with Crippen LogP contribution in [0.1, 0.15) is 32.0 Å². The molecule has 0 atom stereocenters. The standard InChI is InChI=1S/C37H32ClF6N5O4.BrH/c1-46(34(50)29-11-6-25(18-30(29)38)37(42,43)44)26-7-12-33(45-20-26)53-28-10-5-24-17-32(47(2)31(24)19-28)35(51)49-15-13-48(14-16-49)21-23-3-8-27(9-4-23)52-22-36(39,40)41;/h3-12,17-20H,13-16,21-22H2,1-2H3;1H. The van der Waals surface area contributed by atoms with E-state index in [0.717, 1.165) is 28.6 Å². The van der Waals surface area contributed by atoms with Gasteiger partial charge in [-0.3, -0.25) is 14.5 Å². The zero-order valence-electron chi connectivity index (χ0n) is 28.7. The van der Waals surface area contributed by atoms with Crippen molar-refractivity contribution < 1.29 is 45.4 Å². The summed E-state index contributed by atoms with van der Waals surface area (Å²) >= 11 is 6.01. The lowest BCUT2D eigenvalue weighted by Gasteiger charge is -2.34. The highest BCUT2D eigenvalue weighted by molar-refractivity contribution is 8.93. The van der Waals surface area contributed by atoms with E-state index in [-0.39, 0.29) is 45.1 Å². The van der Waals surface area contributed by atoms with Gasteiger partial charge in [-0.25, -0.2) is 4.98 Å². The maximum Gasteiger partial charge on any atom is 0.422 e. The molecule has 3 aromatic carbocycles. The first-order valence-corrected chi connectivity index (χ1v) is 16.6. The van der Waals surface area contributed by atoms with Gasteiger partial charge in [0.05, 0.1) is 33.6 Å². The lowest BCUT2D eigenvalue weighted by Crippen LogP contribution is -2.48. The van der Waals surface area contributed by atoms with Crippen LogP contribution in [0.15, 0.2) is 85.1 Å². The van der Waals surface area contributed by atoms with Crippen LogP contribution in [0.4, 0.5) is 32.0 Å².